The second kappa shape index (κ2) is 9.69. The van der Waals surface area contributed by atoms with Crippen LogP contribution in [0.1, 0.15) is 23.1 Å². The van der Waals surface area contributed by atoms with Crippen LogP contribution in [-0.2, 0) is 17.6 Å². The molecule has 5 nitrogen and oxygen atoms in total. The molecule has 2 aromatic carbocycles. The first-order chi connectivity index (χ1) is 12.1. The van der Waals surface area contributed by atoms with E-state index in [2.05, 4.69) is 36.5 Å². The molecule has 4 N–H and O–H groups in total. The third-order valence-electron chi connectivity index (χ3n) is 3.85. The molecule has 134 valence electrons. The van der Waals surface area contributed by atoms with Crippen molar-refractivity contribution in [2.45, 2.75) is 26.2 Å². The lowest BCUT2D eigenvalue weighted by molar-refractivity contribution is -0.120. The third kappa shape index (κ3) is 6.47. The zero-order chi connectivity index (χ0) is 18.1. The second-order valence-electron chi connectivity index (χ2n) is 6.06. The predicted octanol–water partition coefficient (Wildman–Crippen LogP) is 2.33. The number of amides is 1. The van der Waals surface area contributed by atoms with E-state index in [1.807, 2.05) is 0 Å². The molecule has 1 amide bonds. The Kier molecular flexibility index (Phi) is 7.29. The number of rotatable bonds is 9. The lowest BCUT2D eigenvalue weighted by atomic mass is 10.1. The topological polar surface area (TPSA) is 84.6 Å². The van der Waals surface area contributed by atoms with E-state index >= 15 is 0 Å². The summed E-state index contributed by atoms with van der Waals surface area (Å²) >= 11 is 0. The normalized spacial score (nSPS) is 10.5. The summed E-state index contributed by atoms with van der Waals surface area (Å²) in [6, 6.07) is 13.4. The first kappa shape index (κ1) is 18.8. The van der Waals surface area contributed by atoms with Gasteiger partial charge in [0.1, 0.15) is 6.61 Å². The fourth-order valence-electron chi connectivity index (χ4n) is 2.49. The van der Waals surface area contributed by atoms with Crippen LogP contribution < -0.4 is 15.8 Å². The number of phenolic OH excluding ortho intramolecular Hbond substituents is 1. The van der Waals surface area contributed by atoms with Crippen LogP contribution in [0.25, 0.3) is 0 Å². The summed E-state index contributed by atoms with van der Waals surface area (Å²) in [5, 5.41) is 12.8. The standard InChI is InChI=1S/C20H26N2O3/c1-15-4-6-16(7-5-15)3-2-11-22-20(24)14-17-8-9-19(18(23)13-17)25-12-10-21/h4-9,13,23H,2-3,10-12,14,21H2,1H3,(H,22,24). The van der Waals surface area contributed by atoms with Crippen molar-refractivity contribution < 1.29 is 14.6 Å². The van der Waals surface area contributed by atoms with Crippen molar-refractivity contribution in [3.8, 4) is 11.5 Å². The van der Waals surface area contributed by atoms with E-state index < -0.39 is 0 Å². The first-order valence-corrected chi connectivity index (χ1v) is 8.55. The number of hydrogen-bond acceptors (Lipinski definition) is 4. The summed E-state index contributed by atoms with van der Waals surface area (Å²) in [6.07, 6.45) is 2.07. The lowest BCUT2D eigenvalue weighted by Gasteiger charge is -2.09. The van der Waals surface area contributed by atoms with Crippen LogP contribution in [0.15, 0.2) is 42.5 Å². The minimum absolute atomic E-state index is 0.0260. The monoisotopic (exact) mass is 342 g/mol. The van der Waals surface area contributed by atoms with E-state index in [-0.39, 0.29) is 18.1 Å². The fourth-order valence-corrected chi connectivity index (χ4v) is 2.49. The fraction of sp³-hybridized carbons (Fsp3) is 0.350. The highest BCUT2D eigenvalue weighted by Gasteiger charge is 2.07. The highest BCUT2D eigenvalue weighted by atomic mass is 16.5. The molecule has 0 fully saturated rings. The molecule has 0 atom stereocenters. The largest absolute Gasteiger partial charge is 0.504 e. The number of carbonyl (C=O) groups excluding carboxylic acids is 1. The van der Waals surface area contributed by atoms with E-state index in [4.69, 9.17) is 10.5 Å². The Hall–Kier alpha value is -2.53. The molecule has 0 spiro atoms. The van der Waals surface area contributed by atoms with Crippen molar-refractivity contribution in [3.63, 3.8) is 0 Å². The van der Waals surface area contributed by atoms with E-state index in [0.717, 1.165) is 18.4 Å². The molecule has 0 heterocycles. The van der Waals surface area contributed by atoms with Crippen molar-refractivity contribution in [3.05, 3.63) is 59.2 Å². The maximum Gasteiger partial charge on any atom is 0.224 e. The second-order valence-corrected chi connectivity index (χ2v) is 6.06. The van der Waals surface area contributed by atoms with E-state index in [1.165, 1.54) is 11.1 Å². The minimum atomic E-state index is -0.0565. The smallest absolute Gasteiger partial charge is 0.224 e. The number of aromatic hydroxyl groups is 1. The number of aryl methyl sites for hydroxylation is 2. The van der Waals surface area contributed by atoms with Crippen LogP contribution in [0.5, 0.6) is 11.5 Å². The number of phenols is 1. The van der Waals surface area contributed by atoms with Gasteiger partial charge in [-0.3, -0.25) is 4.79 Å². The van der Waals surface area contributed by atoms with Crippen molar-refractivity contribution in [1.29, 1.82) is 0 Å². The Bertz CT molecular complexity index is 684. The number of carbonyl (C=O) groups is 1. The van der Waals surface area contributed by atoms with E-state index in [9.17, 15) is 9.90 Å². The quantitative estimate of drug-likeness (QED) is 0.611. The van der Waals surface area contributed by atoms with E-state index in [1.54, 1.807) is 18.2 Å². The van der Waals surface area contributed by atoms with Gasteiger partial charge in [0.25, 0.3) is 0 Å². The van der Waals surface area contributed by atoms with Gasteiger partial charge in [0.15, 0.2) is 11.5 Å². The van der Waals surface area contributed by atoms with Gasteiger partial charge >= 0.3 is 0 Å². The summed E-state index contributed by atoms with van der Waals surface area (Å²) in [5.74, 6) is 0.352. The molecular formula is C20H26N2O3. The minimum Gasteiger partial charge on any atom is -0.504 e. The Morgan fingerprint density at radius 1 is 1.16 bits per heavy atom. The third-order valence-corrected chi connectivity index (χ3v) is 3.85. The van der Waals surface area contributed by atoms with Gasteiger partial charge in [0, 0.05) is 13.1 Å². The van der Waals surface area contributed by atoms with Crippen molar-refractivity contribution in [2.24, 2.45) is 5.73 Å². The highest BCUT2D eigenvalue weighted by molar-refractivity contribution is 5.78. The van der Waals surface area contributed by atoms with Crippen LogP contribution >= 0.6 is 0 Å². The maximum atomic E-state index is 12.0. The average molecular weight is 342 g/mol. The number of nitrogens with one attached hydrogen (secondary N) is 1. The van der Waals surface area contributed by atoms with Crippen LogP contribution in [0.4, 0.5) is 0 Å². The van der Waals surface area contributed by atoms with Gasteiger partial charge in [0.2, 0.25) is 5.91 Å². The highest BCUT2D eigenvalue weighted by Crippen LogP contribution is 2.26. The molecule has 0 radical (unpaired) electrons. The summed E-state index contributed by atoms with van der Waals surface area (Å²) in [4.78, 5) is 12.0. The van der Waals surface area contributed by atoms with Crippen molar-refractivity contribution in [1.82, 2.24) is 5.32 Å². The summed E-state index contributed by atoms with van der Waals surface area (Å²) < 4.78 is 5.30. The lowest BCUT2D eigenvalue weighted by Crippen LogP contribution is -2.26. The molecule has 2 aromatic rings. The number of benzene rings is 2. The van der Waals surface area contributed by atoms with Crippen LogP contribution in [0.3, 0.4) is 0 Å². The molecule has 0 aromatic heterocycles. The molecule has 5 heteroatoms. The predicted molar refractivity (Wildman–Crippen MR) is 98.9 cm³/mol. The zero-order valence-corrected chi connectivity index (χ0v) is 14.6. The Morgan fingerprint density at radius 2 is 1.88 bits per heavy atom. The molecule has 0 aliphatic heterocycles. The Morgan fingerprint density at radius 3 is 2.56 bits per heavy atom. The van der Waals surface area contributed by atoms with Gasteiger partial charge in [-0.15, -0.1) is 0 Å². The number of ether oxygens (including phenoxy) is 1. The maximum absolute atomic E-state index is 12.0. The van der Waals surface area contributed by atoms with Crippen LogP contribution in [0, 0.1) is 6.92 Å². The molecule has 0 aliphatic carbocycles. The Labute approximate surface area is 148 Å². The van der Waals surface area contributed by atoms with Gasteiger partial charge in [-0.2, -0.15) is 0 Å². The van der Waals surface area contributed by atoms with Gasteiger partial charge < -0.3 is 20.9 Å². The molecular weight excluding hydrogens is 316 g/mol. The number of hydrogen-bond donors (Lipinski definition) is 3. The van der Waals surface area contributed by atoms with Crippen molar-refractivity contribution >= 4 is 5.91 Å². The molecule has 25 heavy (non-hydrogen) atoms. The molecule has 0 saturated heterocycles. The van der Waals surface area contributed by atoms with E-state index in [0.29, 0.717) is 25.4 Å². The SMILES string of the molecule is Cc1ccc(CCCNC(=O)Cc2ccc(OCCN)c(O)c2)cc1. The van der Waals surface area contributed by atoms with Crippen LogP contribution in [0.2, 0.25) is 0 Å². The molecule has 0 unspecified atom stereocenters. The van der Waals surface area contributed by atoms with Crippen molar-refractivity contribution in [2.75, 3.05) is 19.7 Å². The molecule has 0 aliphatic rings. The van der Waals surface area contributed by atoms with Gasteiger partial charge in [-0.1, -0.05) is 35.9 Å². The summed E-state index contributed by atoms with van der Waals surface area (Å²) in [6.45, 7) is 3.43. The summed E-state index contributed by atoms with van der Waals surface area (Å²) in [7, 11) is 0. The van der Waals surface area contributed by atoms with Gasteiger partial charge in [-0.25, -0.2) is 0 Å². The first-order valence-electron chi connectivity index (χ1n) is 8.55. The number of nitrogens with two attached hydrogens (primary N) is 1. The molecule has 0 saturated carbocycles. The van der Waals surface area contributed by atoms with Crippen LogP contribution in [-0.4, -0.2) is 30.7 Å². The summed E-state index contributed by atoms with van der Waals surface area (Å²) in [5.41, 5.74) is 8.63. The average Bonchev–Trinajstić information content (AvgIpc) is 2.59. The van der Waals surface area contributed by atoms with Gasteiger partial charge in [0.05, 0.1) is 6.42 Å². The Balaban J connectivity index is 1.72. The molecule has 0 bridgehead atoms. The zero-order valence-electron chi connectivity index (χ0n) is 14.6. The molecule has 2 rings (SSSR count). The van der Waals surface area contributed by atoms with Gasteiger partial charge in [-0.05, 0) is 43.0 Å².